The van der Waals surface area contributed by atoms with E-state index < -0.39 is 5.37 Å². The van der Waals surface area contributed by atoms with Crippen LogP contribution in [0.2, 0.25) is 0 Å². The maximum Gasteiger partial charge on any atom is 0.316 e. The van der Waals surface area contributed by atoms with E-state index in [-0.39, 0.29) is 5.41 Å². The largest absolute Gasteiger partial charge is 0.329 e. The zero-order valence-electron chi connectivity index (χ0n) is 7.01. The summed E-state index contributed by atoms with van der Waals surface area (Å²) in [6, 6.07) is 2.26. The third-order valence-electron chi connectivity index (χ3n) is 2.39. The Balaban J connectivity index is 2.51. The van der Waals surface area contributed by atoms with Crippen molar-refractivity contribution in [1.82, 2.24) is 4.90 Å². The van der Waals surface area contributed by atoms with Gasteiger partial charge in [0.05, 0.1) is 11.5 Å². The van der Waals surface area contributed by atoms with Gasteiger partial charge in [0.15, 0.2) is 0 Å². The van der Waals surface area contributed by atoms with Crippen LogP contribution in [0.5, 0.6) is 0 Å². The Morgan fingerprint density at radius 3 is 2.42 bits per heavy atom. The van der Waals surface area contributed by atoms with Gasteiger partial charge in [-0.1, -0.05) is 0 Å². The molecule has 1 rings (SSSR count). The highest BCUT2D eigenvalue weighted by molar-refractivity contribution is 6.62. The van der Waals surface area contributed by atoms with Gasteiger partial charge in [-0.2, -0.15) is 5.26 Å². The fraction of sp³-hybridized carbons (Fsp3) is 0.750. The first-order valence-corrected chi connectivity index (χ1v) is 4.31. The Morgan fingerprint density at radius 1 is 1.58 bits per heavy atom. The number of likely N-dealkylation sites (tertiary alicyclic amines) is 1. The van der Waals surface area contributed by atoms with Crippen LogP contribution in [0.25, 0.3) is 0 Å². The third kappa shape index (κ3) is 1.89. The summed E-state index contributed by atoms with van der Waals surface area (Å²) in [7, 11) is 0. The van der Waals surface area contributed by atoms with Crippen LogP contribution in [0, 0.1) is 16.7 Å². The molecular formula is C8H11ClN2O. The van der Waals surface area contributed by atoms with Gasteiger partial charge in [-0.05, 0) is 31.4 Å². The summed E-state index contributed by atoms with van der Waals surface area (Å²) in [5.41, 5.74) is -0.261. The number of amides is 1. The summed E-state index contributed by atoms with van der Waals surface area (Å²) >= 11 is 5.30. The van der Waals surface area contributed by atoms with Crippen LogP contribution in [-0.4, -0.2) is 23.4 Å². The molecule has 3 nitrogen and oxygen atoms in total. The molecule has 1 saturated heterocycles. The van der Waals surface area contributed by atoms with Gasteiger partial charge in [-0.3, -0.25) is 4.79 Å². The number of carbonyl (C=O) groups is 1. The normalized spacial score (nSPS) is 21.6. The highest BCUT2D eigenvalue weighted by Gasteiger charge is 2.31. The minimum Gasteiger partial charge on any atom is -0.329 e. The number of nitriles is 1. The summed E-state index contributed by atoms with van der Waals surface area (Å²) in [6.07, 6.45) is 1.45. The quantitative estimate of drug-likeness (QED) is 0.429. The lowest BCUT2D eigenvalue weighted by atomic mass is 9.82. The lowest BCUT2D eigenvalue weighted by Gasteiger charge is -2.33. The maximum atomic E-state index is 10.7. The Kier molecular flexibility index (Phi) is 2.58. The van der Waals surface area contributed by atoms with Crippen molar-refractivity contribution in [1.29, 1.82) is 5.26 Å². The smallest absolute Gasteiger partial charge is 0.316 e. The van der Waals surface area contributed by atoms with Crippen LogP contribution in [0.3, 0.4) is 0 Å². The lowest BCUT2D eigenvalue weighted by molar-refractivity contribution is 0.174. The zero-order chi connectivity index (χ0) is 9.19. The molecule has 0 unspecified atom stereocenters. The molecular weight excluding hydrogens is 176 g/mol. The summed E-state index contributed by atoms with van der Waals surface area (Å²) < 4.78 is 0. The molecule has 1 heterocycles. The van der Waals surface area contributed by atoms with Crippen molar-refractivity contribution in [2.45, 2.75) is 19.8 Å². The molecule has 0 aromatic carbocycles. The van der Waals surface area contributed by atoms with Crippen molar-refractivity contribution in [3.8, 4) is 6.07 Å². The topological polar surface area (TPSA) is 44.1 Å². The van der Waals surface area contributed by atoms with Crippen molar-refractivity contribution >= 4 is 17.0 Å². The second kappa shape index (κ2) is 3.32. The standard InChI is InChI=1S/C8H11ClN2O/c1-8(6-10)2-4-11(5-3-8)7(9)12/h2-5H2,1H3. The van der Waals surface area contributed by atoms with Crippen molar-refractivity contribution in [2.75, 3.05) is 13.1 Å². The Labute approximate surface area is 76.9 Å². The van der Waals surface area contributed by atoms with Crippen molar-refractivity contribution in [2.24, 2.45) is 5.41 Å². The van der Waals surface area contributed by atoms with Gasteiger partial charge in [0.1, 0.15) is 0 Å². The molecule has 1 fully saturated rings. The van der Waals surface area contributed by atoms with Crippen LogP contribution in [0.4, 0.5) is 4.79 Å². The number of hydrogen-bond donors (Lipinski definition) is 0. The first kappa shape index (κ1) is 9.34. The Morgan fingerprint density at radius 2 is 2.08 bits per heavy atom. The monoisotopic (exact) mass is 186 g/mol. The predicted octanol–water partition coefficient (Wildman–Crippen LogP) is 1.97. The molecule has 66 valence electrons. The first-order chi connectivity index (χ1) is 5.57. The van der Waals surface area contributed by atoms with Gasteiger partial charge in [-0.15, -0.1) is 0 Å². The van der Waals surface area contributed by atoms with E-state index >= 15 is 0 Å². The SMILES string of the molecule is CC1(C#N)CCN(C(=O)Cl)CC1. The van der Waals surface area contributed by atoms with Crippen LogP contribution in [-0.2, 0) is 0 Å². The zero-order valence-corrected chi connectivity index (χ0v) is 7.76. The summed E-state index contributed by atoms with van der Waals surface area (Å²) in [5.74, 6) is 0. The molecule has 0 aliphatic carbocycles. The van der Waals surface area contributed by atoms with Crippen molar-refractivity contribution in [3.05, 3.63) is 0 Å². The predicted molar refractivity (Wildman–Crippen MR) is 45.8 cm³/mol. The van der Waals surface area contributed by atoms with Gasteiger partial charge in [0.25, 0.3) is 0 Å². The van der Waals surface area contributed by atoms with E-state index in [2.05, 4.69) is 6.07 Å². The number of hydrogen-bond acceptors (Lipinski definition) is 2. The third-order valence-corrected chi connectivity index (χ3v) is 2.62. The second-order valence-electron chi connectivity index (χ2n) is 3.41. The van der Waals surface area contributed by atoms with Gasteiger partial charge in [0.2, 0.25) is 0 Å². The molecule has 0 spiro atoms. The molecule has 1 amide bonds. The van der Waals surface area contributed by atoms with E-state index in [4.69, 9.17) is 16.9 Å². The molecule has 12 heavy (non-hydrogen) atoms. The van der Waals surface area contributed by atoms with Crippen LogP contribution in [0.1, 0.15) is 19.8 Å². The van der Waals surface area contributed by atoms with Crippen molar-refractivity contribution < 1.29 is 4.79 Å². The molecule has 0 N–H and O–H groups in total. The van der Waals surface area contributed by atoms with E-state index in [1.807, 2.05) is 6.92 Å². The minimum atomic E-state index is -0.407. The van der Waals surface area contributed by atoms with Crippen LogP contribution < -0.4 is 0 Å². The average molecular weight is 187 g/mol. The van der Waals surface area contributed by atoms with E-state index in [9.17, 15) is 4.79 Å². The fourth-order valence-electron chi connectivity index (χ4n) is 1.29. The molecule has 0 saturated carbocycles. The molecule has 0 radical (unpaired) electrons. The number of nitrogens with zero attached hydrogens (tertiary/aromatic N) is 2. The summed E-state index contributed by atoms with van der Waals surface area (Å²) in [6.45, 7) is 3.13. The fourth-order valence-corrected chi connectivity index (χ4v) is 1.46. The van der Waals surface area contributed by atoms with Crippen LogP contribution >= 0.6 is 11.6 Å². The highest BCUT2D eigenvalue weighted by Crippen LogP contribution is 2.29. The summed E-state index contributed by atoms with van der Waals surface area (Å²) in [5, 5.41) is 8.38. The first-order valence-electron chi connectivity index (χ1n) is 3.93. The number of halogens is 1. The number of piperidine rings is 1. The van der Waals surface area contributed by atoms with Gasteiger partial charge in [-0.25, -0.2) is 0 Å². The second-order valence-corrected chi connectivity index (χ2v) is 3.74. The minimum absolute atomic E-state index is 0.261. The Bertz CT molecular complexity index is 226. The van der Waals surface area contributed by atoms with Gasteiger partial charge in [0, 0.05) is 13.1 Å². The van der Waals surface area contributed by atoms with E-state index in [0.29, 0.717) is 13.1 Å². The number of carbonyl (C=O) groups excluding carboxylic acids is 1. The van der Waals surface area contributed by atoms with Gasteiger partial charge >= 0.3 is 5.37 Å². The van der Waals surface area contributed by atoms with E-state index in [1.54, 1.807) is 4.90 Å². The lowest BCUT2D eigenvalue weighted by Crippen LogP contribution is -2.39. The highest BCUT2D eigenvalue weighted by atomic mass is 35.5. The number of rotatable bonds is 0. The molecule has 0 aromatic heterocycles. The molecule has 1 aliphatic rings. The molecule has 0 bridgehead atoms. The maximum absolute atomic E-state index is 10.7. The Hall–Kier alpha value is -0.750. The summed E-state index contributed by atoms with van der Waals surface area (Å²) in [4.78, 5) is 12.3. The molecule has 1 aliphatic heterocycles. The molecule has 0 aromatic rings. The average Bonchev–Trinajstić information content (AvgIpc) is 2.05. The van der Waals surface area contributed by atoms with E-state index in [0.717, 1.165) is 12.8 Å². The van der Waals surface area contributed by atoms with Gasteiger partial charge < -0.3 is 4.90 Å². The van der Waals surface area contributed by atoms with Crippen LogP contribution in [0.15, 0.2) is 0 Å². The molecule has 4 heteroatoms. The van der Waals surface area contributed by atoms with Crippen molar-refractivity contribution in [3.63, 3.8) is 0 Å². The van der Waals surface area contributed by atoms with E-state index in [1.165, 1.54) is 0 Å². The molecule has 0 atom stereocenters.